The monoisotopic (exact) mass is 286 g/mol. The summed E-state index contributed by atoms with van der Waals surface area (Å²) >= 11 is 5.73. The lowest BCUT2D eigenvalue weighted by Gasteiger charge is -2.19. The van der Waals surface area contributed by atoms with Crippen molar-refractivity contribution in [2.45, 2.75) is 13.5 Å². The highest BCUT2D eigenvalue weighted by molar-refractivity contribution is 6.30. The standard InChI is InChI=1S/C12H15ClN2O4/c1-8(12(16)17)6-14(2)7-9-3-4-10(13)5-11(9)15(18)19/h3-5,8H,6-7H2,1-2H3,(H,16,17). The van der Waals surface area contributed by atoms with Crippen molar-refractivity contribution in [3.8, 4) is 0 Å². The topological polar surface area (TPSA) is 83.7 Å². The van der Waals surface area contributed by atoms with Crippen LogP contribution in [0.1, 0.15) is 12.5 Å². The summed E-state index contributed by atoms with van der Waals surface area (Å²) in [7, 11) is 1.72. The molecule has 0 spiro atoms. The number of rotatable bonds is 6. The maximum absolute atomic E-state index is 10.9. The van der Waals surface area contributed by atoms with E-state index in [1.165, 1.54) is 6.07 Å². The number of aliphatic carboxylic acids is 1. The van der Waals surface area contributed by atoms with Crippen molar-refractivity contribution >= 4 is 23.3 Å². The van der Waals surface area contributed by atoms with Crippen LogP contribution < -0.4 is 0 Å². The van der Waals surface area contributed by atoms with Gasteiger partial charge >= 0.3 is 5.97 Å². The lowest BCUT2D eigenvalue weighted by Crippen LogP contribution is -2.28. The zero-order valence-electron chi connectivity index (χ0n) is 10.7. The van der Waals surface area contributed by atoms with E-state index in [2.05, 4.69) is 0 Å². The first-order valence-corrected chi connectivity index (χ1v) is 6.03. The molecule has 1 rings (SSSR count). The maximum Gasteiger partial charge on any atom is 0.307 e. The molecule has 0 aliphatic heterocycles. The lowest BCUT2D eigenvalue weighted by atomic mass is 10.1. The number of carboxylic acids is 1. The van der Waals surface area contributed by atoms with E-state index < -0.39 is 16.8 Å². The lowest BCUT2D eigenvalue weighted by molar-refractivity contribution is -0.385. The van der Waals surface area contributed by atoms with E-state index in [9.17, 15) is 14.9 Å². The van der Waals surface area contributed by atoms with Crippen LogP contribution in [0, 0.1) is 16.0 Å². The van der Waals surface area contributed by atoms with Gasteiger partial charge in [-0.1, -0.05) is 18.5 Å². The van der Waals surface area contributed by atoms with Gasteiger partial charge in [0.05, 0.1) is 10.8 Å². The zero-order chi connectivity index (χ0) is 14.6. The number of benzene rings is 1. The first-order valence-electron chi connectivity index (χ1n) is 5.65. The molecule has 19 heavy (non-hydrogen) atoms. The van der Waals surface area contributed by atoms with Gasteiger partial charge in [0.15, 0.2) is 0 Å². The molecule has 0 bridgehead atoms. The van der Waals surface area contributed by atoms with Crippen molar-refractivity contribution in [1.82, 2.24) is 4.90 Å². The van der Waals surface area contributed by atoms with E-state index in [0.29, 0.717) is 23.7 Å². The number of carboxylic acid groups (broad SMARTS) is 1. The second-order valence-electron chi connectivity index (χ2n) is 4.47. The van der Waals surface area contributed by atoms with Crippen molar-refractivity contribution in [2.75, 3.05) is 13.6 Å². The molecule has 1 unspecified atom stereocenters. The van der Waals surface area contributed by atoms with Crippen LogP contribution in [0.4, 0.5) is 5.69 Å². The molecule has 6 nitrogen and oxygen atoms in total. The largest absolute Gasteiger partial charge is 0.481 e. The molecular formula is C12H15ClN2O4. The van der Waals surface area contributed by atoms with Gasteiger partial charge in [0.2, 0.25) is 0 Å². The van der Waals surface area contributed by atoms with Crippen molar-refractivity contribution in [3.05, 3.63) is 38.9 Å². The second kappa shape index (κ2) is 6.49. The Morgan fingerprint density at radius 1 is 1.58 bits per heavy atom. The van der Waals surface area contributed by atoms with E-state index in [0.717, 1.165) is 0 Å². The van der Waals surface area contributed by atoms with E-state index in [1.807, 2.05) is 0 Å². The van der Waals surface area contributed by atoms with Crippen molar-refractivity contribution < 1.29 is 14.8 Å². The third-order valence-corrected chi connectivity index (χ3v) is 2.93. The van der Waals surface area contributed by atoms with Gasteiger partial charge in [-0.25, -0.2) is 0 Å². The van der Waals surface area contributed by atoms with Crippen LogP contribution in [-0.2, 0) is 11.3 Å². The molecule has 1 N–H and O–H groups in total. The Bertz CT molecular complexity index is 493. The van der Waals surface area contributed by atoms with Crippen LogP contribution in [0.5, 0.6) is 0 Å². The van der Waals surface area contributed by atoms with E-state index >= 15 is 0 Å². The average molecular weight is 287 g/mol. The molecule has 0 aliphatic carbocycles. The molecular weight excluding hydrogens is 272 g/mol. The van der Waals surface area contributed by atoms with Crippen molar-refractivity contribution in [3.63, 3.8) is 0 Å². The molecule has 7 heteroatoms. The zero-order valence-corrected chi connectivity index (χ0v) is 11.4. The van der Waals surface area contributed by atoms with Crippen LogP contribution in [0.2, 0.25) is 5.02 Å². The number of hydrogen-bond acceptors (Lipinski definition) is 4. The highest BCUT2D eigenvalue weighted by Crippen LogP contribution is 2.24. The molecule has 0 aliphatic rings. The number of nitrogens with zero attached hydrogens (tertiary/aromatic N) is 2. The van der Waals surface area contributed by atoms with Gasteiger partial charge in [0.1, 0.15) is 0 Å². The Hall–Kier alpha value is -1.66. The van der Waals surface area contributed by atoms with Gasteiger partial charge in [-0.3, -0.25) is 14.9 Å². The summed E-state index contributed by atoms with van der Waals surface area (Å²) in [6.45, 7) is 2.20. The molecule has 104 valence electrons. The van der Waals surface area contributed by atoms with Gasteiger partial charge in [0, 0.05) is 29.7 Å². The minimum Gasteiger partial charge on any atom is -0.481 e. The highest BCUT2D eigenvalue weighted by Gasteiger charge is 2.18. The first-order chi connectivity index (χ1) is 8.81. The quantitative estimate of drug-likeness (QED) is 0.641. The summed E-state index contributed by atoms with van der Waals surface area (Å²) in [6, 6.07) is 4.46. The Morgan fingerprint density at radius 3 is 2.74 bits per heavy atom. The predicted molar refractivity (Wildman–Crippen MR) is 71.2 cm³/mol. The third-order valence-electron chi connectivity index (χ3n) is 2.69. The summed E-state index contributed by atoms with van der Waals surface area (Å²) in [5.74, 6) is -1.42. The van der Waals surface area contributed by atoms with Crippen LogP contribution in [0.25, 0.3) is 0 Å². The molecule has 1 aromatic carbocycles. The van der Waals surface area contributed by atoms with Gasteiger partial charge < -0.3 is 10.0 Å². The molecule has 0 aromatic heterocycles. The summed E-state index contributed by atoms with van der Waals surface area (Å²) in [4.78, 5) is 22.9. The predicted octanol–water partition coefficient (Wildman–Crippen LogP) is 2.40. The Kier molecular flexibility index (Phi) is 5.26. The number of nitro benzene ring substituents is 1. The van der Waals surface area contributed by atoms with Gasteiger partial charge in [-0.15, -0.1) is 0 Å². The Balaban J connectivity index is 2.82. The minimum absolute atomic E-state index is 0.0534. The first kappa shape index (κ1) is 15.4. The summed E-state index contributed by atoms with van der Waals surface area (Å²) in [6.07, 6.45) is 0. The average Bonchev–Trinajstić information content (AvgIpc) is 2.30. The van der Waals surface area contributed by atoms with Crippen molar-refractivity contribution in [2.24, 2.45) is 5.92 Å². The van der Waals surface area contributed by atoms with Gasteiger partial charge in [-0.05, 0) is 19.2 Å². The molecule has 0 saturated carbocycles. The van der Waals surface area contributed by atoms with E-state index in [1.54, 1.807) is 31.0 Å². The normalized spacial score (nSPS) is 12.4. The fraction of sp³-hybridized carbons (Fsp3) is 0.417. The van der Waals surface area contributed by atoms with E-state index in [4.69, 9.17) is 16.7 Å². The number of halogens is 1. The third kappa shape index (κ3) is 4.50. The molecule has 0 amide bonds. The number of carbonyl (C=O) groups is 1. The Morgan fingerprint density at radius 2 is 2.21 bits per heavy atom. The molecule has 0 heterocycles. The second-order valence-corrected chi connectivity index (χ2v) is 4.90. The van der Waals surface area contributed by atoms with Crippen LogP contribution in [0.3, 0.4) is 0 Å². The molecule has 0 saturated heterocycles. The SMILES string of the molecule is CC(CN(C)Cc1ccc(Cl)cc1[N+](=O)[O-])C(=O)O. The Labute approximate surface area is 115 Å². The molecule has 0 fully saturated rings. The molecule has 0 radical (unpaired) electrons. The molecule has 1 atom stereocenters. The number of hydrogen-bond donors (Lipinski definition) is 1. The van der Waals surface area contributed by atoms with Crippen LogP contribution in [0.15, 0.2) is 18.2 Å². The fourth-order valence-electron chi connectivity index (χ4n) is 1.74. The number of nitro groups is 1. The maximum atomic E-state index is 10.9. The summed E-state index contributed by atoms with van der Waals surface area (Å²) in [5.41, 5.74) is 0.455. The van der Waals surface area contributed by atoms with Gasteiger partial charge in [0.25, 0.3) is 5.69 Å². The smallest absolute Gasteiger partial charge is 0.307 e. The minimum atomic E-state index is -0.891. The van der Waals surface area contributed by atoms with Crippen LogP contribution in [-0.4, -0.2) is 34.5 Å². The van der Waals surface area contributed by atoms with Crippen molar-refractivity contribution in [1.29, 1.82) is 0 Å². The van der Waals surface area contributed by atoms with Gasteiger partial charge in [-0.2, -0.15) is 0 Å². The van der Waals surface area contributed by atoms with E-state index in [-0.39, 0.29) is 5.69 Å². The summed E-state index contributed by atoms with van der Waals surface area (Å²) < 4.78 is 0. The molecule has 1 aromatic rings. The highest BCUT2D eigenvalue weighted by atomic mass is 35.5. The fourth-order valence-corrected chi connectivity index (χ4v) is 1.91. The van der Waals surface area contributed by atoms with Crippen LogP contribution >= 0.6 is 11.6 Å². The summed E-state index contributed by atoms with van der Waals surface area (Å²) in [5, 5.41) is 20.0.